The minimum Gasteiger partial charge on any atom is -0.370 e. The van der Waals surface area contributed by atoms with Crippen molar-refractivity contribution in [2.75, 3.05) is 11.9 Å². The Hall–Kier alpha value is -1.80. The van der Waals surface area contributed by atoms with Crippen LogP contribution >= 0.6 is 0 Å². The molecule has 0 unspecified atom stereocenters. The fraction of sp³-hybridized carbons (Fsp3) is 0.200. The first-order chi connectivity index (χ1) is 8.31. The number of nitrogens with two attached hydrogens (primary N) is 1. The van der Waals surface area contributed by atoms with Gasteiger partial charge in [0.15, 0.2) is 0 Å². The van der Waals surface area contributed by atoms with E-state index in [0.717, 1.165) is 6.54 Å². The summed E-state index contributed by atoms with van der Waals surface area (Å²) in [6.07, 6.45) is 0. The normalized spacial score (nSPS) is 10.2. The molecule has 2 nitrogen and oxygen atoms in total. The van der Waals surface area contributed by atoms with Gasteiger partial charge in [0, 0.05) is 25.8 Å². The van der Waals surface area contributed by atoms with E-state index in [2.05, 4.69) is 54.4 Å². The smallest absolute Gasteiger partial charge is 0.0429 e. The Bertz CT molecular complexity index is 465. The first-order valence-corrected chi connectivity index (χ1v) is 5.84. The van der Waals surface area contributed by atoms with Crippen molar-refractivity contribution in [3.8, 4) is 0 Å². The minimum atomic E-state index is 0.596. The summed E-state index contributed by atoms with van der Waals surface area (Å²) in [7, 11) is 2.10. The number of para-hydroxylation sites is 1. The zero-order chi connectivity index (χ0) is 12.1. The van der Waals surface area contributed by atoms with Crippen LogP contribution in [-0.4, -0.2) is 7.05 Å². The highest BCUT2D eigenvalue weighted by atomic mass is 15.1. The SMILES string of the molecule is CN(Cc1ccccc1CN)c1ccccc1. The molecule has 2 heteroatoms. The van der Waals surface area contributed by atoms with Crippen molar-refractivity contribution in [1.29, 1.82) is 0 Å². The van der Waals surface area contributed by atoms with Gasteiger partial charge in [-0.05, 0) is 23.3 Å². The van der Waals surface area contributed by atoms with E-state index in [4.69, 9.17) is 5.73 Å². The first kappa shape index (κ1) is 11.7. The second kappa shape index (κ2) is 5.51. The Morgan fingerprint density at radius 2 is 1.47 bits per heavy atom. The zero-order valence-electron chi connectivity index (χ0n) is 10.1. The maximum Gasteiger partial charge on any atom is 0.0429 e. The Morgan fingerprint density at radius 3 is 2.12 bits per heavy atom. The Morgan fingerprint density at radius 1 is 0.882 bits per heavy atom. The van der Waals surface area contributed by atoms with Gasteiger partial charge in [-0.25, -0.2) is 0 Å². The third kappa shape index (κ3) is 2.86. The van der Waals surface area contributed by atoms with Crippen LogP contribution in [0.3, 0.4) is 0 Å². The summed E-state index contributed by atoms with van der Waals surface area (Å²) in [5.74, 6) is 0. The molecule has 17 heavy (non-hydrogen) atoms. The molecular weight excluding hydrogens is 208 g/mol. The lowest BCUT2D eigenvalue weighted by Crippen LogP contribution is -2.17. The average Bonchev–Trinajstić information content (AvgIpc) is 2.40. The van der Waals surface area contributed by atoms with Crippen molar-refractivity contribution in [2.24, 2.45) is 5.73 Å². The van der Waals surface area contributed by atoms with Crippen molar-refractivity contribution in [3.05, 3.63) is 65.7 Å². The molecule has 88 valence electrons. The average molecular weight is 226 g/mol. The van der Waals surface area contributed by atoms with Crippen molar-refractivity contribution in [2.45, 2.75) is 13.1 Å². The molecule has 2 rings (SSSR count). The van der Waals surface area contributed by atoms with E-state index < -0.39 is 0 Å². The molecule has 2 aromatic carbocycles. The molecule has 0 atom stereocenters. The fourth-order valence-corrected chi connectivity index (χ4v) is 1.94. The van der Waals surface area contributed by atoms with Crippen molar-refractivity contribution in [1.82, 2.24) is 0 Å². The Kier molecular flexibility index (Phi) is 3.78. The van der Waals surface area contributed by atoms with Crippen LogP contribution in [0, 0.1) is 0 Å². The maximum atomic E-state index is 5.75. The molecule has 2 aromatic rings. The van der Waals surface area contributed by atoms with Gasteiger partial charge in [0.2, 0.25) is 0 Å². The minimum absolute atomic E-state index is 0.596. The summed E-state index contributed by atoms with van der Waals surface area (Å²) in [5, 5.41) is 0. The highest BCUT2D eigenvalue weighted by molar-refractivity contribution is 5.46. The molecule has 2 N–H and O–H groups in total. The highest BCUT2D eigenvalue weighted by Gasteiger charge is 2.04. The molecule has 0 bridgehead atoms. The number of anilines is 1. The van der Waals surface area contributed by atoms with Crippen LogP contribution in [0.2, 0.25) is 0 Å². The van der Waals surface area contributed by atoms with E-state index in [-0.39, 0.29) is 0 Å². The fourth-order valence-electron chi connectivity index (χ4n) is 1.94. The van der Waals surface area contributed by atoms with Gasteiger partial charge >= 0.3 is 0 Å². The Balaban J connectivity index is 2.16. The van der Waals surface area contributed by atoms with Crippen LogP contribution < -0.4 is 10.6 Å². The number of hydrogen-bond donors (Lipinski definition) is 1. The van der Waals surface area contributed by atoms with Gasteiger partial charge in [0.1, 0.15) is 0 Å². The van der Waals surface area contributed by atoms with Crippen molar-refractivity contribution in [3.63, 3.8) is 0 Å². The summed E-state index contributed by atoms with van der Waals surface area (Å²) < 4.78 is 0. The molecule has 0 saturated carbocycles. The topological polar surface area (TPSA) is 29.3 Å². The van der Waals surface area contributed by atoms with E-state index in [0.29, 0.717) is 6.54 Å². The summed E-state index contributed by atoms with van der Waals surface area (Å²) in [5.41, 5.74) is 9.48. The number of rotatable bonds is 4. The van der Waals surface area contributed by atoms with Gasteiger partial charge < -0.3 is 10.6 Å². The molecule has 0 aliphatic rings. The van der Waals surface area contributed by atoms with Crippen molar-refractivity contribution < 1.29 is 0 Å². The van der Waals surface area contributed by atoms with E-state index in [9.17, 15) is 0 Å². The van der Waals surface area contributed by atoms with Crippen LogP contribution in [0.25, 0.3) is 0 Å². The molecule has 0 heterocycles. The predicted molar refractivity (Wildman–Crippen MR) is 72.9 cm³/mol. The molecule has 0 spiro atoms. The summed E-state index contributed by atoms with van der Waals surface area (Å²) in [6.45, 7) is 1.48. The summed E-state index contributed by atoms with van der Waals surface area (Å²) in [4.78, 5) is 2.23. The van der Waals surface area contributed by atoms with Gasteiger partial charge in [-0.1, -0.05) is 42.5 Å². The van der Waals surface area contributed by atoms with Crippen molar-refractivity contribution >= 4 is 5.69 Å². The third-order valence-corrected chi connectivity index (χ3v) is 2.94. The molecule has 0 radical (unpaired) electrons. The lowest BCUT2D eigenvalue weighted by Gasteiger charge is -2.20. The lowest BCUT2D eigenvalue weighted by atomic mass is 10.1. The van der Waals surface area contributed by atoms with Gasteiger partial charge in [-0.3, -0.25) is 0 Å². The standard InChI is InChI=1S/C15H18N2/c1-17(15-9-3-2-4-10-15)12-14-8-6-5-7-13(14)11-16/h2-10H,11-12,16H2,1H3. The molecule has 0 amide bonds. The molecule has 0 aliphatic heterocycles. The van der Waals surface area contributed by atoms with Crippen LogP contribution in [0.4, 0.5) is 5.69 Å². The van der Waals surface area contributed by atoms with E-state index in [1.807, 2.05) is 12.1 Å². The molecule has 0 saturated heterocycles. The van der Waals surface area contributed by atoms with Crippen LogP contribution in [0.5, 0.6) is 0 Å². The van der Waals surface area contributed by atoms with E-state index in [1.54, 1.807) is 0 Å². The first-order valence-electron chi connectivity index (χ1n) is 5.84. The van der Waals surface area contributed by atoms with E-state index >= 15 is 0 Å². The highest BCUT2D eigenvalue weighted by Crippen LogP contribution is 2.16. The molecular formula is C15H18N2. The second-order valence-corrected chi connectivity index (χ2v) is 4.16. The van der Waals surface area contributed by atoms with Gasteiger partial charge in [-0.15, -0.1) is 0 Å². The molecule has 0 aromatic heterocycles. The van der Waals surface area contributed by atoms with Gasteiger partial charge in [0.05, 0.1) is 0 Å². The lowest BCUT2D eigenvalue weighted by molar-refractivity contribution is 0.895. The van der Waals surface area contributed by atoms with Gasteiger partial charge in [-0.2, -0.15) is 0 Å². The van der Waals surface area contributed by atoms with Crippen LogP contribution in [0.1, 0.15) is 11.1 Å². The summed E-state index contributed by atoms with van der Waals surface area (Å²) >= 11 is 0. The maximum absolute atomic E-state index is 5.75. The quantitative estimate of drug-likeness (QED) is 0.868. The second-order valence-electron chi connectivity index (χ2n) is 4.16. The van der Waals surface area contributed by atoms with E-state index in [1.165, 1.54) is 16.8 Å². The number of benzene rings is 2. The monoisotopic (exact) mass is 226 g/mol. The van der Waals surface area contributed by atoms with Crippen LogP contribution in [0.15, 0.2) is 54.6 Å². The molecule has 0 fully saturated rings. The zero-order valence-corrected chi connectivity index (χ0v) is 10.1. The number of hydrogen-bond acceptors (Lipinski definition) is 2. The largest absolute Gasteiger partial charge is 0.370 e. The van der Waals surface area contributed by atoms with Gasteiger partial charge in [0.25, 0.3) is 0 Å². The Labute approximate surface area is 103 Å². The summed E-state index contributed by atoms with van der Waals surface area (Å²) in [6, 6.07) is 18.7. The third-order valence-electron chi connectivity index (χ3n) is 2.94. The predicted octanol–water partition coefficient (Wildman–Crippen LogP) is 2.78. The van der Waals surface area contributed by atoms with Crippen LogP contribution in [-0.2, 0) is 13.1 Å². The molecule has 0 aliphatic carbocycles. The number of nitrogens with zero attached hydrogens (tertiary/aromatic N) is 1.